The number of aromatic nitrogens is 4. The highest BCUT2D eigenvalue weighted by atomic mass is 32.2. The van der Waals surface area contributed by atoms with Crippen LogP contribution in [0.5, 0.6) is 0 Å². The van der Waals surface area contributed by atoms with Crippen LogP contribution in [0.1, 0.15) is 18.9 Å². The highest BCUT2D eigenvalue weighted by molar-refractivity contribution is 7.89. The third-order valence-corrected chi connectivity index (χ3v) is 7.34. The first kappa shape index (κ1) is 18.1. The Kier molecular flexibility index (Phi) is 4.07. The number of rotatable bonds is 3. The molecule has 1 atom stereocenters. The van der Waals surface area contributed by atoms with E-state index in [4.69, 9.17) is 0 Å². The van der Waals surface area contributed by atoms with E-state index in [1.807, 2.05) is 6.07 Å². The lowest BCUT2D eigenvalue weighted by Crippen LogP contribution is -2.42. The Morgan fingerprint density at radius 1 is 1.21 bits per heavy atom. The van der Waals surface area contributed by atoms with Gasteiger partial charge in [0.15, 0.2) is 0 Å². The third kappa shape index (κ3) is 2.78. The summed E-state index contributed by atoms with van der Waals surface area (Å²) in [4.78, 5) is 22.5. The molecule has 5 rings (SSSR count). The van der Waals surface area contributed by atoms with Gasteiger partial charge in [-0.05, 0) is 31.0 Å². The molecule has 3 aromatic heterocycles. The summed E-state index contributed by atoms with van der Waals surface area (Å²) in [5.41, 5.74) is 1.62. The van der Waals surface area contributed by atoms with E-state index in [9.17, 15) is 17.6 Å². The van der Waals surface area contributed by atoms with Crippen molar-refractivity contribution in [3.63, 3.8) is 0 Å². The van der Waals surface area contributed by atoms with Gasteiger partial charge < -0.3 is 9.97 Å². The van der Waals surface area contributed by atoms with Crippen LogP contribution in [0.2, 0.25) is 0 Å². The fourth-order valence-corrected chi connectivity index (χ4v) is 5.69. The van der Waals surface area contributed by atoms with Crippen LogP contribution in [0.15, 0.2) is 52.4 Å². The Hall–Kier alpha value is -2.98. The molecule has 0 unspecified atom stereocenters. The molecule has 1 fully saturated rings. The number of imidazole rings is 1. The summed E-state index contributed by atoms with van der Waals surface area (Å²) in [6.45, 7) is 0.378. The van der Waals surface area contributed by atoms with Crippen LogP contribution in [-0.2, 0) is 10.0 Å². The van der Waals surface area contributed by atoms with Gasteiger partial charge in [0.05, 0.1) is 23.3 Å². The van der Waals surface area contributed by atoms with Gasteiger partial charge in [0, 0.05) is 24.7 Å². The summed E-state index contributed by atoms with van der Waals surface area (Å²) in [6.07, 6.45) is 4.54. The Bertz CT molecular complexity index is 1390. The second kappa shape index (κ2) is 6.53. The van der Waals surface area contributed by atoms with E-state index in [0.717, 1.165) is 11.5 Å². The number of H-pyrrole nitrogens is 2. The Labute approximate surface area is 165 Å². The summed E-state index contributed by atoms with van der Waals surface area (Å²) in [7, 11) is -4.00. The van der Waals surface area contributed by atoms with Crippen molar-refractivity contribution in [2.75, 3.05) is 13.1 Å². The van der Waals surface area contributed by atoms with Crippen LogP contribution in [0.25, 0.3) is 22.1 Å². The van der Waals surface area contributed by atoms with E-state index in [1.54, 1.807) is 17.0 Å². The van der Waals surface area contributed by atoms with Gasteiger partial charge in [-0.25, -0.2) is 22.6 Å². The van der Waals surface area contributed by atoms with E-state index in [2.05, 4.69) is 15.0 Å². The molecule has 0 bridgehead atoms. The highest BCUT2D eigenvalue weighted by Crippen LogP contribution is 2.30. The van der Waals surface area contributed by atoms with Crippen molar-refractivity contribution in [1.82, 2.24) is 23.8 Å². The number of nitrogens with zero attached hydrogens (tertiary/aromatic N) is 3. The average molecular weight is 415 g/mol. The zero-order valence-electron chi connectivity index (χ0n) is 15.3. The predicted octanol–water partition coefficient (Wildman–Crippen LogP) is 2.37. The summed E-state index contributed by atoms with van der Waals surface area (Å²) in [6, 6.07) is 6.82. The highest BCUT2D eigenvalue weighted by Gasteiger charge is 2.34. The molecule has 0 saturated carbocycles. The topological polar surface area (TPSA) is 104 Å². The Morgan fingerprint density at radius 3 is 2.86 bits per heavy atom. The predicted molar refractivity (Wildman–Crippen MR) is 106 cm³/mol. The van der Waals surface area contributed by atoms with Crippen molar-refractivity contribution >= 4 is 32.1 Å². The van der Waals surface area contributed by atoms with Gasteiger partial charge in [0.2, 0.25) is 10.0 Å². The molecule has 0 radical (unpaired) electrons. The Balaban J connectivity index is 1.59. The van der Waals surface area contributed by atoms with Crippen LogP contribution in [0, 0.1) is 5.82 Å². The summed E-state index contributed by atoms with van der Waals surface area (Å²) < 4.78 is 43.1. The first-order valence-corrected chi connectivity index (χ1v) is 10.7. The SMILES string of the molecule is O=c1[nH]c2cnc3[nH]ccc3c2n1[C@@H]1CCCN(S(=O)(=O)c2ccccc2F)C1. The van der Waals surface area contributed by atoms with Gasteiger partial charge in [-0.15, -0.1) is 0 Å². The van der Waals surface area contributed by atoms with Crippen molar-refractivity contribution in [2.24, 2.45) is 0 Å². The average Bonchev–Trinajstić information content (AvgIpc) is 3.31. The molecular weight excluding hydrogens is 397 g/mol. The molecule has 29 heavy (non-hydrogen) atoms. The molecule has 0 aliphatic carbocycles. The van der Waals surface area contributed by atoms with Gasteiger partial charge >= 0.3 is 5.69 Å². The van der Waals surface area contributed by atoms with E-state index >= 15 is 0 Å². The fourth-order valence-electron chi connectivity index (χ4n) is 4.11. The molecule has 8 nitrogen and oxygen atoms in total. The van der Waals surface area contributed by atoms with E-state index in [1.165, 1.54) is 22.5 Å². The number of fused-ring (bicyclic) bond motifs is 3. The van der Waals surface area contributed by atoms with E-state index in [0.29, 0.717) is 29.5 Å². The van der Waals surface area contributed by atoms with E-state index < -0.39 is 15.8 Å². The van der Waals surface area contributed by atoms with Crippen LogP contribution in [0.3, 0.4) is 0 Å². The molecule has 2 N–H and O–H groups in total. The maximum atomic E-state index is 14.1. The number of halogens is 1. The van der Waals surface area contributed by atoms with Gasteiger partial charge in [0.25, 0.3) is 0 Å². The van der Waals surface area contributed by atoms with Crippen molar-refractivity contribution in [3.05, 3.63) is 59.0 Å². The number of hydrogen-bond donors (Lipinski definition) is 2. The van der Waals surface area contributed by atoms with Crippen LogP contribution in [-0.4, -0.2) is 45.3 Å². The van der Waals surface area contributed by atoms with Gasteiger partial charge in [-0.2, -0.15) is 4.31 Å². The maximum Gasteiger partial charge on any atom is 0.326 e. The number of hydrogen-bond acceptors (Lipinski definition) is 4. The number of piperidine rings is 1. The third-order valence-electron chi connectivity index (χ3n) is 5.44. The number of benzene rings is 1. The van der Waals surface area contributed by atoms with Gasteiger partial charge in [0.1, 0.15) is 16.4 Å². The molecule has 0 amide bonds. The smallest absolute Gasteiger partial charge is 0.326 e. The zero-order valence-corrected chi connectivity index (χ0v) is 16.1. The van der Waals surface area contributed by atoms with Gasteiger partial charge in [-0.1, -0.05) is 12.1 Å². The summed E-state index contributed by atoms with van der Waals surface area (Å²) in [5.74, 6) is -0.779. The molecule has 4 heterocycles. The molecule has 0 spiro atoms. The van der Waals surface area contributed by atoms with Crippen molar-refractivity contribution in [2.45, 2.75) is 23.8 Å². The first-order valence-electron chi connectivity index (χ1n) is 9.28. The molecule has 1 aromatic carbocycles. The molecule has 1 saturated heterocycles. The minimum Gasteiger partial charge on any atom is -0.346 e. The molecule has 150 valence electrons. The minimum absolute atomic E-state index is 0.0950. The number of nitrogens with one attached hydrogen (secondary N) is 2. The number of pyridine rings is 1. The fraction of sp³-hybridized carbons (Fsp3) is 0.263. The monoisotopic (exact) mass is 415 g/mol. The maximum absolute atomic E-state index is 14.1. The quantitative estimate of drug-likeness (QED) is 0.536. The first-order chi connectivity index (χ1) is 14.0. The largest absolute Gasteiger partial charge is 0.346 e. The summed E-state index contributed by atoms with van der Waals surface area (Å²) in [5, 5.41) is 0.787. The molecule has 4 aromatic rings. The number of aromatic amines is 2. The molecule has 1 aliphatic rings. The minimum atomic E-state index is -4.00. The Morgan fingerprint density at radius 2 is 2.03 bits per heavy atom. The van der Waals surface area contributed by atoms with Crippen LogP contribution < -0.4 is 5.69 Å². The number of sulfonamides is 1. The molecule has 10 heteroatoms. The van der Waals surface area contributed by atoms with Crippen LogP contribution >= 0.6 is 0 Å². The normalized spacial score (nSPS) is 18.6. The van der Waals surface area contributed by atoms with Crippen molar-refractivity contribution < 1.29 is 12.8 Å². The van der Waals surface area contributed by atoms with Crippen molar-refractivity contribution in [1.29, 1.82) is 0 Å². The van der Waals surface area contributed by atoms with Gasteiger partial charge in [-0.3, -0.25) is 4.57 Å². The summed E-state index contributed by atoms with van der Waals surface area (Å²) >= 11 is 0. The van der Waals surface area contributed by atoms with E-state index in [-0.39, 0.29) is 29.7 Å². The molecule has 1 aliphatic heterocycles. The van der Waals surface area contributed by atoms with Crippen molar-refractivity contribution in [3.8, 4) is 0 Å². The lowest BCUT2D eigenvalue weighted by Gasteiger charge is -2.32. The molecular formula is C19H18FN5O3S. The lowest BCUT2D eigenvalue weighted by molar-refractivity contribution is 0.266. The second-order valence-corrected chi connectivity index (χ2v) is 9.06. The zero-order chi connectivity index (χ0) is 20.2. The second-order valence-electron chi connectivity index (χ2n) is 7.15. The lowest BCUT2D eigenvalue weighted by atomic mass is 10.1. The standard InChI is InChI=1S/C19H18FN5O3S/c20-14-5-1-2-6-16(14)29(27,28)24-9-3-4-12(11-24)25-17-13-7-8-21-18(13)22-10-15(17)23-19(25)26/h1-2,5-8,10,12H,3-4,9,11H2,(H,21,22)(H,23,26)/t12-/m1/s1. The van der Waals surface area contributed by atoms with Crippen LogP contribution in [0.4, 0.5) is 4.39 Å².